The number of hydrogen-bond acceptors (Lipinski definition) is 6. The van der Waals surface area contributed by atoms with E-state index in [1.165, 1.54) is 30.7 Å². The second kappa shape index (κ2) is 8.77. The number of benzene rings is 1. The van der Waals surface area contributed by atoms with Gasteiger partial charge in [0, 0.05) is 29.7 Å². The van der Waals surface area contributed by atoms with Gasteiger partial charge in [0.25, 0.3) is 5.91 Å². The van der Waals surface area contributed by atoms with Crippen molar-refractivity contribution in [3.05, 3.63) is 84.1 Å². The molecule has 0 saturated carbocycles. The molecule has 0 aliphatic carbocycles. The van der Waals surface area contributed by atoms with E-state index in [1.54, 1.807) is 25.3 Å². The summed E-state index contributed by atoms with van der Waals surface area (Å²) in [5, 5.41) is 6.51. The highest BCUT2D eigenvalue weighted by Crippen LogP contribution is 2.30. The minimum Gasteiger partial charge on any atom is -0.344 e. The van der Waals surface area contributed by atoms with Gasteiger partial charge in [-0.25, -0.2) is 9.67 Å². The molecule has 0 radical (unpaired) electrons. The molecule has 0 aliphatic rings. The van der Waals surface area contributed by atoms with Crippen LogP contribution in [0, 0.1) is 6.92 Å². The molecule has 0 fully saturated rings. The van der Waals surface area contributed by atoms with Gasteiger partial charge in [-0.2, -0.15) is 18.3 Å². The van der Waals surface area contributed by atoms with Crippen LogP contribution in [-0.4, -0.2) is 35.6 Å². The lowest BCUT2D eigenvalue weighted by Gasteiger charge is -2.15. The van der Waals surface area contributed by atoms with E-state index in [0.29, 0.717) is 21.6 Å². The summed E-state index contributed by atoms with van der Waals surface area (Å²) in [6, 6.07) is 7.42. The van der Waals surface area contributed by atoms with Crippen molar-refractivity contribution in [2.24, 2.45) is 0 Å². The van der Waals surface area contributed by atoms with Crippen molar-refractivity contribution >= 4 is 5.91 Å². The highest BCUT2D eigenvalue weighted by atomic mass is 19.4. The molecule has 0 saturated heterocycles. The van der Waals surface area contributed by atoms with Gasteiger partial charge in [-0.05, 0) is 43.7 Å². The highest BCUT2D eigenvalue weighted by Gasteiger charge is 2.37. The van der Waals surface area contributed by atoms with Gasteiger partial charge >= 0.3 is 6.18 Å². The first-order chi connectivity index (χ1) is 15.7. The van der Waals surface area contributed by atoms with E-state index in [4.69, 9.17) is 0 Å². The van der Waals surface area contributed by atoms with Crippen LogP contribution in [0.15, 0.2) is 61.4 Å². The van der Waals surface area contributed by atoms with E-state index in [0.717, 1.165) is 11.9 Å². The zero-order valence-electron chi connectivity index (χ0n) is 17.6. The van der Waals surface area contributed by atoms with Crippen molar-refractivity contribution in [1.29, 1.82) is 0 Å². The molecule has 0 unspecified atom stereocenters. The average Bonchev–Trinajstić information content (AvgIpc) is 3.31. The molecule has 1 amide bonds. The Morgan fingerprint density at radius 1 is 1.06 bits per heavy atom. The van der Waals surface area contributed by atoms with Crippen LogP contribution in [-0.2, 0) is 6.18 Å². The van der Waals surface area contributed by atoms with Crippen molar-refractivity contribution < 1.29 is 18.0 Å². The van der Waals surface area contributed by atoms with Crippen LogP contribution >= 0.6 is 0 Å². The topological polar surface area (TPSA) is 98.5 Å². The molecule has 1 atom stereocenters. The smallest absolute Gasteiger partial charge is 0.344 e. The number of rotatable bonds is 5. The maximum Gasteiger partial charge on any atom is 0.451 e. The largest absolute Gasteiger partial charge is 0.451 e. The van der Waals surface area contributed by atoms with E-state index in [9.17, 15) is 18.0 Å². The number of carbonyl (C=O) groups excluding carboxylic acids is 1. The third-order valence-electron chi connectivity index (χ3n) is 4.81. The maximum absolute atomic E-state index is 13.4. The highest BCUT2D eigenvalue weighted by molar-refractivity contribution is 5.96. The monoisotopic (exact) mass is 453 g/mol. The minimum atomic E-state index is -4.72. The van der Waals surface area contributed by atoms with Crippen molar-refractivity contribution in [3.8, 4) is 16.9 Å². The molecule has 0 spiro atoms. The lowest BCUT2D eigenvalue weighted by Crippen LogP contribution is -2.27. The van der Waals surface area contributed by atoms with Crippen LogP contribution in [0.3, 0.4) is 0 Å². The normalized spacial score (nSPS) is 12.4. The molecule has 1 aromatic carbocycles. The van der Waals surface area contributed by atoms with Gasteiger partial charge in [0.15, 0.2) is 0 Å². The number of carbonyl (C=O) groups is 1. The first kappa shape index (κ1) is 22.1. The summed E-state index contributed by atoms with van der Waals surface area (Å²) in [7, 11) is 0. The van der Waals surface area contributed by atoms with Crippen LogP contribution in [0.2, 0.25) is 0 Å². The standard InChI is InChI=1S/C22H18F3N7O/c1-13-3-4-18(28-10-13)15-7-16(20(33)31-14(2)19-11-26-5-6-27-19)9-17(8-15)32-21(22(23,24)25)29-12-30-32/h3-12,14H,1-2H3,(H,31,33)/t14-/m0/s1. The van der Waals surface area contributed by atoms with Crippen LogP contribution in [0.5, 0.6) is 0 Å². The Morgan fingerprint density at radius 2 is 1.88 bits per heavy atom. The van der Waals surface area contributed by atoms with Gasteiger partial charge in [-0.1, -0.05) is 6.07 Å². The third kappa shape index (κ3) is 4.86. The summed E-state index contributed by atoms with van der Waals surface area (Å²) in [5.41, 5.74) is 2.56. The van der Waals surface area contributed by atoms with Gasteiger partial charge in [0.05, 0.1) is 29.3 Å². The van der Waals surface area contributed by atoms with Crippen molar-refractivity contribution in [1.82, 2.24) is 35.0 Å². The SMILES string of the molecule is Cc1ccc(-c2cc(C(=O)N[C@@H](C)c3cnccn3)cc(-n3ncnc3C(F)(F)F)c2)nc1. The molecule has 1 N–H and O–H groups in total. The second-order valence-electron chi connectivity index (χ2n) is 7.31. The molecule has 0 bridgehead atoms. The first-order valence-corrected chi connectivity index (χ1v) is 9.85. The number of amides is 1. The number of pyridine rings is 1. The maximum atomic E-state index is 13.4. The molecule has 4 aromatic rings. The first-order valence-electron chi connectivity index (χ1n) is 9.85. The number of alkyl halides is 3. The quantitative estimate of drug-likeness (QED) is 0.492. The Morgan fingerprint density at radius 3 is 2.55 bits per heavy atom. The molecular weight excluding hydrogens is 435 g/mol. The fourth-order valence-electron chi connectivity index (χ4n) is 3.16. The molecule has 11 heteroatoms. The van der Waals surface area contributed by atoms with E-state index < -0.39 is 23.9 Å². The summed E-state index contributed by atoms with van der Waals surface area (Å²) < 4.78 is 40.9. The Hall–Kier alpha value is -4.15. The molecule has 4 rings (SSSR count). The number of nitrogens with one attached hydrogen (secondary N) is 1. The Bertz CT molecular complexity index is 1270. The summed E-state index contributed by atoms with van der Waals surface area (Å²) in [5.74, 6) is -1.70. The Balaban J connectivity index is 1.77. The van der Waals surface area contributed by atoms with Gasteiger partial charge < -0.3 is 5.32 Å². The minimum absolute atomic E-state index is 0.0250. The number of halogens is 3. The van der Waals surface area contributed by atoms with E-state index in [2.05, 4.69) is 30.4 Å². The third-order valence-corrected chi connectivity index (χ3v) is 4.81. The predicted molar refractivity (Wildman–Crippen MR) is 112 cm³/mol. The number of nitrogens with zero attached hydrogens (tertiary/aromatic N) is 6. The van der Waals surface area contributed by atoms with Crippen LogP contribution in [0.25, 0.3) is 16.9 Å². The van der Waals surface area contributed by atoms with E-state index in [-0.39, 0.29) is 11.3 Å². The summed E-state index contributed by atoms with van der Waals surface area (Å²) >= 11 is 0. The fraction of sp³-hybridized carbons (Fsp3) is 0.182. The lowest BCUT2D eigenvalue weighted by molar-refractivity contribution is -0.146. The average molecular weight is 453 g/mol. The second-order valence-corrected chi connectivity index (χ2v) is 7.31. The number of aromatic nitrogens is 6. The van der Waals surface area contributed by atoms with E-state index >= 15 is 0 Å². The molecule has 3 aromatic heterocycles. The molecule has 8 nitrogen and oxygen atoms in total. The fourth-order valence-corrected chi connectivity index (χ4v) is 3.16. The Labute approximate surface area is 186 Å². The van der Waals surface area contributed by atoms with Crippen LogP contribution < -0.4 is 5.32 Å². The number of hydrogen-bond donors (Lipinski definition) is 1. The molecule has 0 aliphatic heterocycles. The summed E-state index contributed by atoms with van der Waals surface area (Å²) in [6.45, 7) is 3.60. The Kier molecular flexibility index (Phi) is 5.86. The molecular formula is C22H18F3N7O. The van der Waals surface area contributed by atoms with Crippen LogP contribution in [0.4, 0.5) is 13.2 Å². The van der Waals surface area contributed by atoms with Crippen molar-refractivity contribution in [3.63, 3.8) is 0 Å². The summed E-state index contributed by atoms with van der Waals surface area (Å²) in [6.07, 6.45) is 2.26. The van der Waals surface area contributed by atoms with Crippen LogP contribution in [0.1, 0.15) is 40.4 Å². The van der Waals surface area contributed by atoms with Gasteiger partial charge in [0.1, 0.15) is 6.33 Å². The van der Waals surface area contributed by atoms with Gasteiger partial charge in [-0.3, -0.25) is 19.7 Å². The summed E-state index contributed by atoms with van der Waals surface area (Å²) in [4.78, 5) is 28.8. The van der Waals surface area contributed by atoms with Crippen molar-refractivity contribution in [2.75, 3.05) is 0 Å². The van der Waals surface area contributed by atoms with Gasteiger partial charge in [0.2, 0.25) is 5.82 Å². The zero-order chi connectivity index (χ0) is 23.6. The molecule has 33 heavy (non-hydrogen) atoms. The molecule has 168 valence electrons. The van der Waals surface area contributed by atoms with Crippen molar-refractivity contribution in [2.45, 2.75) is 26.1 Å². The zero-order valence-corrected chi connectivity index (χ0v) is 17.6. The lowest BCUT2D eigenvalue weighted by atomic mass is 10.0. The predicted octanol–water partition coefficient (Wildman–Crippen LogP) is 3.94. The van der Waals surface area contributed by atoms with E-state index in [1.807, 2.05) is 13.0 Å². The van der Waals surface area contributed by atoms with Gasteiger partial charge in [-0.15, -0.1) is 0 Å². The molecule has 3 heterocycles. The number of aryl methyl sites for hydroxylation is 1.